The molecule has 0 aromatic rings. The molecule has 11 unspecified atom stereocenters. The minimum absolute atomic E-state index is 0.110. The summed E-state index contributed by atoms with van der Waals surface area (Å²) in [6.45, 7) is 14.8. The van der Waals surface area contributed by atoms with Crippen LogP contribution in [0.2, 0.25) is 0 Å². The van der Waals surface area contributed by atoms with Crippen LogP contribution in [0.25, 0.3) is 0 Å². The highest BCUT2D eigenvalue weighted by molar-refractivity contribution is 5.78. The van der Waals surface area contributed by atoms with E-state index in [1.165, 1.54) is 5.57 Å². The van der Waals surface area contributed by atoms with Gasteiger partial charge in [-0.15, -0.1) is 0 Å². The first kappa shape index (κ1) is 34.1. The average Bonchev–Trinajstić information content (AvgIpc) is 3.29. The number of carbonyl (C=O) groups excluding carboxylic acids is 1. The van der Waals surface area contributed by atoms with Gasteiger partial charge in [-0.25, -0.2) is 0 Å². The summed E-state index contributed by atoms with van der Waals surface area (Å²) in [6.07, 6.45) is 12.4. The summed E-state index contributed by atoms with van der Waals surface area (Å²) in [7, 11) is 1.62. The van der Waals surface area contributed by atoms with E-state index in [1.54, 1.807) is 19.3 Å². The van der Waals surface area contributed by atoms with Gasteiger partial charge in [-0.3, -0.25) is 4.79 Å². The molecular weight excluding hydrogens is 572 g/mol. The van der Waals surface area contributed by atoms with Gasteiger partial charge < -0.3 is 33.9 Å². The van der Waals surface area contributed by atoms with Crippen LogP contribution in [0.5, 0.6) is 0 Å². The molecule has 2 N–H and O–H groups in total. The van der Waals surface area contributed by atoms with Crippen LogP contribution in [0.3, 0.4) is 0 Å². The first-order chi connectivity index (χ1) is 21.3. The molecule has 45 heavy (non-hydrogen) atoms. The van der Waals surface area contributed by atoms with Crippen LogP contribution in [-0.4, -0.2) is 71.8 Å². The fraction of sp³-hybridized carbons (Fsp3) is 0.703. The fourth-order valence-corrected chi connectivity index (χ4v) is 8.24. The van der Waals surface area contributed by atoms with Crippen molar-refractivity contribution in [3.05, 3.63) is 58.9 Å². The molecule has 1 spiro atoms. The zero-order valence-electron chi connectivity index (χ0n) is 28.3. The van der Waals surface area contributed by atoms with Gasteiger partial charge >= 0.3 is 5.97 Å². The fourth-order valence-electron chi connectivity index (χ4n) is 8.24. The number of aliphatic hydroxyl groups excluding tert-OH is 1. The van der Waals surface area contributed by atoms with Gasteiger partial charge in [0.25, 0.3) is 0 Å². The monoisotopic (exact) mass is 626 g/mol. The minimum Gasteiger partial charge on any atom is -0.494 e. The van der Waals surface area contributed by atoms with E-state index >= 15 is 0 Å². The average molecular weight is 627 g/mol. The van der Waals surface area contributed by atoms with E-state index in [0.717, 1.165) is 17.6 Å². The van der Waals surface area contributed by atoms with Gasteiger partial charge in [0.05, 0.1) is 36.9 Å². The van der Waals surface area contributed by atoms with E-state index < -0.39 is 41.4 Å². The van der Waals surface area contributed by atoms with Crippen LogP contribution in [-0.2, 0) is 28.5 Å². The third-order valence-corrected chi connectivity index (χ3v) is 10.4. The number of ether oxygens (including phenoxy) is 5. The molecule has 11 atom stereocenters. The van der Waals surface area contributed by atoms with Crippen molar-refractivity contribution in [1.29, 1.82) is 0 Å². The van der Waals surface area contributed by atoms with Gasteiger partial charge in [-0.1, -0.05) is 63.6 Å². The Labute approximate surface area is 269 Å². The number of esters is 1. The van der Waals surface area contributed by atoms with E-state index in [-0.39, 0.29) is 36.8 Å². The van der Waals surface area contributed by atoms with E-state index in [0.29, 0.717) is 37.4 Å². The Hall–Kier alpha value is -2.23. The maximum Gasteiger partial charge on any atom is 0.316 e. The van der Waals surface area contributed by atoms with Crippen molar-refractivity contribution in [3.8, 4) is 0 Å². The number of aliphatic hydroxyl groups is 2. The Morgan fingerprint density at radius 1 is 1.16 bits per heavy atom. The van der Waals surface area contributed by atoms with Crippen LogP contribution in [0.4, 0.5) is 0 Å². The maximum atomic E-state index is 14.2. The lowest BCUT2D eigenvalue weighted by molar-refractivity contribution is -0.342. The topological polar surface area (TPSA) is 104 Å². The second-order valence-corrected chi connectivity index (χ2v) is 14.6. The quantitative estimate of drug-likeness (QED) is 0.293. The molecule has 4 heterocycles. The smallest absolute Gasteiger partial charge is 0.316 e. The highest BCUT2D eigenvalue weighted by Gasteiger charge is 2.61. The van der Waals surface area contributed by atoms with Crippen LogP contribution < -0.4 is 0 Å². The summed E-state index contributed by atoms with van der Waals surface area (Å²) in [5, 5.41) is 23.7. The molecule has 0 aromatic heterocycles. The van der Waals surface area contributed by atoms with Crippen LogP contribution in [0.15, 0.2) is 58.9 Å². The van der Waals surface area contributed by atoms with Gasteiger partial charge in [0, 0.05) is 32.3 Å². The first-order valence-corrected chi connectivity index (χ1v) is 16.8. The number of fused-ring (bicyclic) bond motifs is 2. The maximum absolute atomic E-state index is 14.2. The van der Waals surface area contributed by atoms with E-state index in [4.69, 9.17) is 23.7 Å². The standard InChI is InChI=1S/C37H54O8/c1-21(2)14-24(5)33-26(7)31(38)19-36(45-33)18-28-17-27(44-36)13-12-23(4)15-22(3)10-9-11-32-37(40)29(35(39)43-28)16-25(6)34(41-8)30(37)20-42-32/h9-12,14,16,21-22,26-31,33-34,38,40H,13,15,17-20H2,1-8H3. The lowest BCUT2D eigenvalue weighted by Gasteiger charge is -2.51. The van der Waals surface area contributed by atoms with Crippen molar-refractivity contribution in [2.24, 2.45) is 29.6 Å². The third-order valence-electron chi connectivity index (χ3n) is 10.4. The molecule has 0 radical (unpaired) electrons. The first-order valence-electron chi connectivity index (χ1n) is 16.8. The Bertz CT molecular complexity index is 1260. The number of hydrogen-bond acceptors (Lipinski definition) is 8. The van der Waals surface area contributed by atoms with E-state index in [1.807, 2.05) is 26.8 Å². The van der Waals surface area contributed by atoms with Crippen LogP contribution >= 0.6 is 0 Å². The van der Waals surface area contributed by atoms with Crippen molar-refractivity contribution < 1.29 is 38.7 Å². The molecule has 0 amide bonds. The van der Waals surface area contributed by atoms with Crippen molar-refractivity contribution in [1.82, 2.24) is 0 Å². The Kier molecular flexibility index (Phi) is 10.2. The molecule has 0 aromatic carbocycles. The zero-order valence-corrected chi connectivity index (χ0v) is 28.3. The van der Waals surface area contributed by atoms with Gasteiger partial charge in [0.1, 0.15) is 23.4 Å². The summed E-state index contributed by atoms with van der Waals surface area (Å²) in [6, 6.07) is 0. The lowest BCUT2D eigenvalue weighted by Crippen LogP contribution is -2.59. The predicted octanol–water partition coefficient (Wildman–Crippen LogP) is 5.95. The summed E-state index contributed by atoms with van der Waals surface area (Å²) < 4.78 is 31.8. The van der Waals surface area contributed by atoms with Crippen molar-refractivity contribution in [2.75, 3.05) is 13.7 Å². The summed E-state index contributed by atoms with van der Waals surface area (Å²) in [4.78, 5) is 14.2. The number of hydrogen-bond donors (Lipinski definition) is 2. The number of rotatable bonds is 3. The molecule has 4 aliphatic heterocycles. The van der Waals surface area contributed by atoms with Crippen LogP contribution in [0.1, 0.15) is 80.6 Å². The van der Waals surface area contributed by atoms with Crippen molar-refractivity contribution >= 4 is 5.97 Å². The molecule has 0 saturated carbocycles. The van der Waals surface area contributed by atoms with Gasteiger partial charge in [-0.2, -0.15) is 0 Å². The van der Waals surface area contributed by atoms with E-state index in [9.17, 15) is 15.0 Å². The van der Waals surface area contributed by atoms with Gasteiger partial charge in [0.15, 0.2) is 5.79 Å². The van der Waals surface area contributed by atoms with Gasteiger partial charge in [0.2, 0.25) is 0 Å². The molecule has 3 fully saturated rings. The largest absolute Gasteiger partial charge is 0.494 e. The third kappa shape index (κ3) is 6.91. The zero-order chi connectivity index (χ0) is 32.7. The summed E-state index contributed by atoms with van der Waals surface area (Å²) >= 11 is 0. The molecular formula is C37H54O8. The predicted molar refractivity (Wildman–Crippen MR) is 172 cm³/mol. The second kappa shape index (κ2) is 13.5. The molecule has 250 valence electrons. The lowest BCUT2D eigenvalue weighted by atomic mass is 9.68. The number of carbonyl (C=O) groups is 1. The van der Waals surface area contributed by atoms with E-state index in [2.05, 4.69) is 45.9 Å². The molecule has 3 saturated heterocycles. The Morgan fingerprint density at radius 2 is 1.91 bits per heavy atom. The molecule has 2 bridgehead atoms. The van der Waals surface area contributed by atoms with Crippen molar-refractivity contribution in [3.63, 3.8) is 0 Å². The van der Waals surface area contributed by atoms with Gasteiger partial charge in [-0.05, 0) is 62.7 Å². The Balaban J connectivity index is 1.53. The number of methoxy groups -OCH3 is 1. The molecule has 5 aliphatic rings. The summed E-state index contributed by atoms with van der Waals surface area (Å²) in [5.74, 6) is -2.23. The Morgan fingerprint density at radius 3 is 2.62 bits per heavy atom. The highest BCUT2D eigenvalue weighted by Crippen LogP contribution is 2.50. The number of allylic oxidation sites excluding steroid dienone is 5. The van der Waals surface area contributed by atoms with Crippen molar-refractivity contribution in [2.45, 2.75) is 122 Å². The summed E-state index contributed by atoms with van der Waals surface area (Å²) in [5.41, 5.74) is 1.55. The molecule has 1 aliphatic carbocycles. The van der Waals surface area contributed by atoms with Crippen LogP contribution in [0, 0.1) is 29.6 Å². The highest BCUT2D eigenvalue weighted by atomic mass is 16.7. The second-order valence-electron chi connectivity index (χ2n) is 14.6. The molecule has 8 nitrogen and oxygen atoms in total. The molecule has 8 heteroatoms. The minimum atomic E-state index is -1.61. The molecule has 5 rings (SSSR count). The normalized spacial score (nSPS) is 42.8. The SMILES string of the molecule is COC1C(C)=CC2C(=O)OC3CC(CC=C(C)CC(C)C=CC=C4OCC1C42O)OC1(C3)CC(O)C(C)C(C(C)=CC(C)C)O1.